The van der Waals surface area contributed by atoms with Gasteiger partial charge in [0.1, 0.15) is 6.61 Å². The Balaban J connectivity index is 4.53. The molecule has 0 aliphatic heterocycles. The van der Waals surface area contributed by atoms with Crippen molar-refractivity contribution in [2.75, 3.05) is 26.4 Å². The predicted molar refractivity (Wildman–Crippen MR) is 173 cm³/mol. The molecular formula is C33H56NO8P. The second-order valence-electron chi connectivity index (χ2n) is 9.95. The third kappa shape index (κ3) is 29.6. The zero-order chi connectivity index (χ0) is 31.9. The molecule has 0 rings (SSSR count). The Labute approximate surface area is 259 Å². The van der Waals surface area contributed by atoms with Crippen molar-refractivity contribution in [3.8, 4) is 0 Å². The van der Waals surface area contributed by atoms with Gasteiger partial charge in [-0.2, -0.15) is 0 Å². The molecule has 246 valence electrons. The summed E-state index contributed by atoms with van der Waals surface area (Å²) in [6.07, 6.45) is 31.8. The zero-order valence-corrected chi connectivity index (χ0v) is 27.3. The number of hydrogen-bond donors (Lipinski definition) is 2. The highest BCUT2D eigenvalue weighted by Gasteiger charge is 2.25. The van der Waals surface area contributed by atoms with Crippen LogP contribution in [-0.2, 0) is 32.7 Å². The fourth-order valence-electron chi connectivity index (χ4n) is 3.63. The fraction of sp³-hybridized carbons (Fsp3) is 0.636. The normalized spacial score (nSPS) is 14.4. The quantitative estimate of drug-likeness (QED) is 0.0386. The lowest BCUT2D eigenvalue weighted by molar-refractivity contribution is -0.160. The van der Waals surface area contributed by atoms with Crippen molar-refractivity contribution in [2.45, 2.75) is 110 Å². The Morgan fingerprint density at radius 2 is 1.35 bits per heavy atom. The van der Waals surface area contributed by atoms with Crippen LogP contribution in [-0.4, -0.2) is 49.3 Å². The minimum absolute atomic E-state index is 0.0333. The van der Waals surface area contributed by atoms with Gasteiger partial charge in [-0.3, -0.25) is 18.6 Å². The van der Waals surface area contributed by atoms with Gasteiger partial charge in [0.15, 0.2) is 6.10 Å². The third-order valence-electron chi connectivity index (χ3n) is 5.93. The molecule has 0 saturated heterocycles. The van der Waals surface area contributed by atoms with Crippen molar-refractivity contribution in [1.82, 2.24) is 0 Å². The van der Waals surface area contributed by atoms with Crippen molar-refractivity contribution in [1.29, 1.82) is 0 Å². The van der Waals surface area contributed by atoms with Crippen LogP contribution in [0.15, 0.2) is 60.8 Å². The van der Waals surface area contributed by atoms with Gasteiger partial charge in [-0.25, -0.2) is 4.57 Å². The summed E-state index contributed by atoms with van der Waals surface area (Å²) < 4.78 is 32.2. The summed E-state index contributed by atoms with van der Waals surface area (Å²) in [6, 6.07) is 0. The van der Waals surface area contributed by atoms with Crippen LogP contribution >= 0.6 is 7.82 Å². The van der Waals surface area contributed by atoms with Crippen LogP contribution in [0.1, 0.15) is 104 Å². The molecular weight excluding hydrogens is 569 g/mol. The number of carbonyl (C=O) groups is 2. The zero-order valence-electron chi connectivity index (χ0n) is 26.4. The largest absolute Gasteiger partial charge is 0.472 e. The van der Waals surface area contributed by atoms with Crippen LogP contribution in [0, 0.1) is 0 Å². The van der Waals surface area contributed by atoms with E-state index in [0.29, 0.717) is 12.8 Å². The molecule has 0 aromatic heterocycles. The molecule has 0 radical (unpaired) electrons. The second kappa shape index (κ2) is 29.8. The molecule has 0 bridgehead atoms. The molecule has 0 aromatic rings. The molecule has 0 spiro atoms. The lowest BCUT2D eigenvalue weighted by Gasteiger charge is -2.19. The highest BCUT2D eigenvalue weighted by Crippen LogP contribution is 2.43. The molecule has 0 heterocycles. The van der Waals surface area contributed by atoms with E-state index in [4.69, 9.17) is 24.3 Å². The Morgan fingerprint density at radius 3 is 2.02 bits per heavy atom. The Kier molecular flexibility index (Phi) is 28.2. The van der Waals surface area contributed by atoms with Crippen LogP contribution in [0.3, 0.4) is 0 Å². The molecule has 0 saturated carbocycles. The van der Waals surface area contributed by atoms with E-state index in [9.17, 15) is 19.0 Å². The number of allylic oxidation sites excluding steroid dienone is 9. The summed E-state index contributed by atoms with van der Waals surface area (Å²) in [4.78, 5) is 34.3. The van der Waals surface area contributed by atoms with Gasteiger partial charge >= 0.3 is 19.8 Å². The number of rotatable bonds is 28. The monoisotopic (exact) mass is 625 g/mol. The number of hydrogen-bond acceptors (Lipinski definition) is 8. The molecule has 2 atom stereocenters. The minimum Gasteiger partial charge on any atom is -0.461 e. The Hall–Kier alpha value is -2.29. The van der Waals surface area contributed by atoms with E-state index < -0.39 is 32.5 Å². The molecule has 0 amide bonds. The summed E-state index contributed by atoms with van der Waals surface area (Å²) in [5.41, 5.74) is 5.29. The number of phosphoric acid groups is 1. The SMILES string of the molecule is CC/C=C/C/C=C/C/C=C/CC(=O)OCC(COP(=O)(O)OCCN)OC(=O)CC/C=C/C/C=C/CCCCCCCC. The Morgan fingerprint density at radius 1 is 0.744 bits per heavy atom. The average Bonchev–Trinajstić information content (AvgIpc) is 2.99. The van der Waals surface area contributed by atoms with Gasteiger partial charge in [0.05, 0.1) is 19.6 Å². The van der Waals surface area contributed by atoms with Crippen molar-refractivity contribution >= 4 is 19.8 Å². The molecule has 0 aliphatic rings. The standard InChI is InChI=1S/C33H56NO8P/c1-3-5-7-9-11-13-14-15-16-18-20-22-24-26-33(36)42-31(30-41-43(37,38)40-28-27-34)29-39-32(35)25-23-21-19-17-12-10-8-6-4-2/h6,8,12,15-17,20-23,31H,3-5,7,9-11,13-14,18-19,24-30,34H2,1-2H3,(H,37,38)/b8-6+,16-15+,17-12+,22-20+,23-21+. The van der Waals surface area contributed by atoms with Gasteiger partial charge in [0.25, 0.3) is 0 Å². The number of ether oxygens (including phenoxy) is 2. The first-order valence-corrected chi connectivity index (χ1v) is 17.3. The maximum atomic E-state index is 12.4. The van der Waals surface area contributed by atoms with Gasteiger partial charge in [-0.05, 0) is 44.9 Å². The number of phosphoric ester groups is 1. The lowest BCUT2D eigenvalue weighted by Crippen LogP contribution is -2.29. The maximum absolute atomic E-state index is 12.4. The number of nitrogens with two attached hydrogens (primary N) is 1. The van der Waals surface area contributed by atoms with Gasteiger partial charge < -0.3 is 20.1 Å². The maximum Gasteiger partial charge on any atom is 0.472 e. The van der Waals surface area contributed by atoms with E-state index in [2.05, 4.69) is 44.2 Å². The summed E-state index contributed by atoms with van der Waals surface area (Å²) in [5.74, 6) is -1.06. The first-order valence-electron chi connectivity index (χ1n) is 15.8. The van der Waals surface area contributed by atoms with Crippen LogP contribution in [0.2, 0.25) is 0 Å². The van der Waals surface area contributed by atoms with Crippen molar-refractivity contribution in [2.24, 2.45) is 5.73 Å². The summed E-state index contributed by atoms with van der Waals surface area (Å²) >= 11 is 0. The van der Waals surface area contributed by atoms with Crippen molar-refractivity contribution in [3.05, 3.63) is 60.8 Å². The molecule has 10 heteroatoms. The lowest BCUT2D eigenvalue weighted by atomic mass is 10.1. The number of carbonyl (C=O) groups excluding carboxylic acids is 2. The first-order chi connectivity index (χ1) is 20.8. The fourth-order valence-corrected chi connectivity index (χ4v) is 4.39. The molecule has 2 unspecified atom stereocenters. The molecule has 0 fully saturated rings. The summed E-state index contributed by atoms with van der Waals surface area (Å²) in [7, 11) is -4.39. The average molecular weight is 626 g/mol. The van der Waals surface area contributed by atoms with E-state index in [-0.39, 0.29) is 32.6 Å². The molecule has 43 heavy (non-hydrogen) atoms. The second-order valence-corrected chi connectivity index (χ2v) is 11.4. The van der Waals surface area contributed by atoms with E-state index in [1.165, 1.54) is 38.5 Å². The van der Waals surface area contributed by atoms with Crippen LogP contribution in [0.25, 0.3) is 0 Å². The molecule has 3 N–H and O–H groups in total. The highest BCUT2D eigenvalue weighted by molar-refractivity contribution is 7.47. The minimum atomic E-state index is -4.39. The van der Waals surface area contributed by atoms with E-state index in [1.54, 1.807) is 6.08 Å². The highest BCUT2D eigenvalue weighted by atomic mass is 31.2. The predicted octanol–water partition coefficient (Wildman–Crippen LogP) is 7.82. The van der Waals surface area contributed by atoms with Gasteiger partial charge in [-0.15, -0.1) is 0 Å². The summed E-state index contributed by atoms with van der Waals surface area (Å²) in [6.45, 7) is 3.36. The smallest absolute Gasteiger partial charge is 0.461 e. The third-order valence-corrected chi connectivity index (χ3v) is 6.92. The van der Waals surface area contributed by atoms with E-state index in [1.807, 2.05) is 24.3 Å². The summed E-state index contributed by atoms with van der Waals surface area (Å²) in [5, 5.41) is 0. The first kappa shape index (κ1) is 40.7. The van der Waals surface area contributed by atoms with Gasteiger partial charge in [0, 0.05) is 13.0 Å². The number of unbranched alkanes of at least 4 members (excludes halogenated alkanes) is 6. The topological polar surface area (TPSA) is 134 Å². The van der Waals surface area contributed by atoms with Crippen LogP contribution < -0.4 is 5.73 Å². The van der Waals surface area contributed by atoms with Crippen LogP contribution in [0.5, 0.6) is 0 Å². The van der Waals surface area contributed by atoms with Crippen molar-refractivity contribution in [3.63, 3.8) is 0 Å². The molecule has 0 aromatic carbocycles. The van der Waals surface area contributed by atoms with Crippen LogP contribution in [0.4, 0.5) is 0 Å². The molecule has 0 aliphatic carbocycles. The number of esters is 2. The molecule has 9 nitrogen and oxygen atoms in total. The Bertz CT molecular complexity index is 897. The van der Waals surface area contributed by atoms with E-state index >= 15 is 0 Å². The van der Waals surface area contributed by atoms with Crippen molar-refractivity contribution < 1.29 is 37.6 Å². The van der Waals surface area contributed by atoms with E-state index in [0.717, 1.165) is 25.7 Å². The van der Waals surface area contributed by atoms with Gasteiger partial charge in [0.2, 0.25) is 0 Å². The van der Waals surface area contributed by atoms with Gasteiger partial charge in [-0.1, -0.05) is 107 Å².